The van der Waals surface area contributed by atoms with Gasteiger partial charge < -0.3 is 4.90 Å². The molecule has 28 heavy (non-hydrogen) atoms. The number of carbonyl (C=O) groups excluding carboxylic acids is 1. The van der Waals surface area contributed by atoms with Crippen LogP contribution in [0.5, 0.6) is 0 Å². The van der Waals surface area contributed by atoms with Gasteiger partial charge >= 0.3 is 0 Å². The molecular formula is C20H22ClN3O2S2. The highest BCUT2D eigenvalue weighted by Crippen LogP contribution is 2.25. The van der Waals surface area contributed by atoms with Crippen molar-refractivity contribution in [1.82, 2.24) is 14.5 Å². The van der Waals surface area contributed by atoms with Crippen LogP contribution in [0, 0.1) is 0 Å². The van der Waals surface area contributed by atoms with Crippen LogP contribution in [0.4, 0.5) is 0 Å². The molecule has 0 N–H and O–H groups in total. The maximum Gasteiger partial charge on any atom is 0.276 e. The van der Waals surface area contributed by atoms with Crippen molar-refractivity contribution in [3.05, 3.63) is 51.1 Å². The van der Waals surface area contributed by atoms with Crippen molar-refractivity contribution in [2.75, 3.05) is 18.8 Å². The van der Waals surface area contributed by atoms with Gasteiger partial charge in [0.25, 0.3) is 5.56 Å². The van der Waals surface area contributed by atoms with Crippen LogP contribution in [0.2, 0.25) is 5.02 Å². The molecule has 8 heteroatoms. The van der Waals surface area contributed by atoms with E-state index in [4.69, 9.17) is 11.6 Å². The Balaban J connectivity index is 1.97. The zero-order valence-corrected chi connectivity index (χ0v) is 18.2. The number of thioether (sulfide) groups is 1. The fourth-order valence-electron chi connectivity index (χ4n) is 2.95. The minimum atomic E-state index is -0.142. The number of benzene rings is 1. The topological polar surface area (TPSA) is 55.2 Å². The molecule has 0 unspecified atom stereocenters. The molecule has 3 aromatic rings. The third-order valence-electron chi connectivity index (χ3n) is 4.18. The minimum Gasteiger partial charge on any atom is -0.342 e. The second kappa shape index (κ2) is 9.58. The minimum absolute atomic E-state index is 0.0611. The number of hydrogen-bond donors (Lipinski definition) is 0. The lowest BCUT2D eigenvalue weighted by Crippen LogP contribution is -2.34. The molecule has 5 nitrogen and oxygen atoms in total. The van der Waals surface area contributed by atoms with Gasteiger partial charge in [-0.25, -0.2) is 4.98 Å². The number of carbonyl (C=O) groups is 1. The Morgan fingerprint density at radius 1 is 1.25 bits per heavy atom. The first-order chi connectivity index (χ1) is 13.5. The fraction of sp³-hybridized carbons (Fsp3) is 0.350. The van der Waals surface area contributed by atoms with E-state index in [2.05, 4.69) is 18.8 Å². The molecule has 1 aromatic carbocycles. The Hall–Kier alpha value is -1.83. The molecule has 0 atom stereocenters. The van der Waals surface area contributed by atoms with E-state index in [0.29, 0.717) is 26.1 Å². The van der Waals surface area contributed by atoms with Crippen LogP contribution < -0.4 is 5.56 Å². The van der Waals surface area contributed by atoms with Crippen molar-refractivity contribution >= 4 is 50.8 Å². The van der Waals surface area contributed by atoms with E-state index in [-0.39, 0.29) is 17.2 Å². The maximum atomic E-state index is 13.1. The molecule has 0 saturated heterocycles. The quantitative estimate of drug-likeness (QED) is 0.375. The van der Waals surface area contributed by atoms with Gasteiger partial charge in [-0.1, -0.05) is 43.3 Å². The van der Waals surface area contributed by atoms with E-state index in [1.807, 2.05) is 22.4 Å². The first-order valence-electron chi connectivity index (χ1n) is 9.22. The number of fused-ring (bicyclic) bond motifs is 1. The molecule has 0 bridgehead atoms. The van der Waals surface area contributed by atoms with Crippen LogP contribution in [0.15, 0.2) is 45.7 Å². The van der Waals surface area contributed by atoms with Crippen molar-refractivity contribution in [2.45, 2.75) is 31.8 Å². The average molecular weight is 436 g/mol. The Labute approximate surface area is 177 Å². The van der Waals surface area contributed by atoms with Crippen molar-refractivity contribution in [3.8, 4) is 5.69 Å². The number of aromatic nitrogens is 2. The highest BCUT2D eigenvalue weighted by molar-refractivity contribution is 7.99. The number of halogens is 1. The number of hydrogen-bond acceptors (Lipinski definition) is 5. The van der Waals surface area contributed by atoms with Gasteiger partial charge in [-0.3, -0.25) is 14.2 Å². The Morgan fingerprint density at radius 3 is 2.68 bits per heavy atom. The van der Waals surface area contributed by atoms with Gasteiger partial charge in [0, 0.05) is 18.1 Å². The summed E-state index contributed by atoms with van der Waals surface area (Å²) in [5.41, 5.74) is 1.16. The molecule has 0 aliphatic rings. The molecule has 2 aromatic heterocycles. The lowest BCUT2D eigenvalue weighted by Gasteiger charge is -2.21. The number of nitrogens with zero attached hydrogens (tertiary/aromatic N) is 3. The van der Waals surface area contributed by atoms with Gasteiger partial charge in [-0.2, -0.15) is 0 Å². The molecule has 0 fully saturated rings. The summed E-state index contributed by atoms with van der Waals surface area (Å²) in [4.78, 5) is 32.3. The van der Waals surface area contributed by atoms with Gasteiger partial charge in [-0.05, 0) is 42.5 Å². The standard InChI is InChI=1S/C20H22ClN3O2S2/c1-3-9-23(10-4-2)17(25)13-28-20-22-16-8-11-27-18(16)19(26)24(20)15-7-5-6-14(21)12-15/h5-8,11-12H,3-4,9-10,13H2,1-2H3. The first-order valence-corrected chi connectivity index (χ1v) is 11.5. The van der Waals surface area contributed by atoms with Crippen molar-refractivity contribution in [3.63, 3.8) is 0 Å². The Morgan fingerprint density at radius 2 is 2.00 bits per heavy atom. The lowest BCUT2D eigenvalue weighted by molar-refractivity contribution is -0.128. The maximum absolute atomic E-state index is 13.1. The second-order valence-electron chi connectivity index (χ2n) is 6.32. The third kappa shape index (κ3) is 4.59. The SMILES string of the molecule is CCCN(CCC)C(=O)CSc1nc2ccsc2c(=O)n1-c1cccc(Cl)c1. The molecule has 0 aliphatic carbocycles. The second-order valence-corrected chi connectivity index (χ2v) is 8.61. The summed E-state index contributed by atoms with van der Waals surface area (Å²) in [6.45, 7) is 5.61. The van der Waals surface area contributed by atoms with E-state index >= 15 is 0 Å². The van der Waals surface area contributed by atoms with Gasteiger partial charge in [-0.15, -0.1) is 11.3 Å². The first kappa shape index (κ1) is 20.9. The van der Waals surface area contributed by atoms with Gasteiger partial charge in [0.05, 0.1) is 17.0 Å². The van der Waals surface area contributed by atoms with Crippen molar-refractivity contribution in [2.24, 2.45) is 0 Å². The molecular weight excluding hydrogens is 414 g/mol. The molecule has 1 amide bonds. The molecule has 0 radical (unpaired) electrons. The van der Waals surface area contributed by atoms with E-state index in [9.17, 15) is 9.59 Å². The predicted octanol–water partition coefficient (Wildman–Crippen LogP) is 4.84. The third-order valence-corrected chi connectivity index (χ3v) is 6.23. The van der Waals surface area contributed by atoms with E-state index in [1.165, 1.54) is 23.1 Å². The van der Waals surface area contributed by atoms with E-state index in [1.54, 1.807) is 22.8 Å². The summed E-state index contributed by atoms with van der Waals surface area (Å²) in [5, 5.41) is 2.89. The molecule has 148 valence electrons. The number of amides is 1. The smallest absolute Gasteiger partial charge is 0.276 e. The van der Waals surface area contributed by atoms with Crippen LogP contribution in [0.3, 0.4) is 0 Å². The van der Waals surface area contributed by atoms with Gasteiger partial charge in [0.1, 0.15) is 4.70 Å². The zero-order chi connectivity index (χ0) is 20.1. The van der Waals surface area contributed by atoms with Gasteiger partial charge in [0.15, 0.2) is 5.16 Å². The van der Waals surface area contributed by atoms with Crippen molar-refractivity contribution < 1.29 is 4.79 Å². The summed E-state index contributed by atoms with van der Waals surface area (Å²) < 4.78 is 2.14. The largest absolute Gasteiger partial charge is 0.342 e. The van der Waals surface area contributed by atoms with Crippen LogP contribution in [-0.4, -0.2) is 39.2 Å². The predicted molar refractivity (Wildman–Crippen MR) is 118 cm³/mol. The lowest BCUT2D eigenvalue weighted by atomic mass is 10.3. The van der Waals surface area contributed by atoms with Crippen LogP contribution in [0.1, 0.15) is 26.7 Å². The highest BCUT2D eigenvalue weighted by atomic mass is 35.5. The zero-order valence-electron chi connectivity index (χ0n) is 15.9. The normalized spacial score (nSPS) is 11.1. The fourth-order valence-corrected chi connectivity index (χ4v) is 4.81. The summed E-state index contributed by atoms with van der Waals surface area (Å²) in [7, 11) is 0. The monoisotopic (exact) mass is 435 g/mol. The van der Waals surface area contributed by atoms with E-state index < -0.39 is 0 Å². The molecule has 0 aliphatic heterocycles. The number of rotatable bonds is 8. The summed E-state index contributed by atoms with van der Waals surface area (Å²) in [6.07, 6.45) is 1.84. The van der Waals surface area contributed by atoms with Crippen LogP contribution in [-0.2, 0) is 4.79 Å². The van der Waals surface area contributed by atoms with E-state index in [0.717, 1.165) is 25.9 Å². The number of thiophene rings is 1. The average Bonchev–Trinajstić information content (AvgIpc) is 3.15. The molecule has 0 saturated carbocycles. The molecule has 2 heterocycles. The summed E-state index contributed by atoms with van der Waals surface area (Å²) in [5.74, 6) is 0.300. The molecule has 3 rings (SSSR count). The van der Waals surface area contributed by atoms with Crippen LogP contribution in [0.25, 0.3) is 15.9 Å². The summed E-state index contributed by atoms with van der Waals surface area (Å²) >= 11 is 8.79. The van der Waals surface area contributed by atoms with Crippen LogP contribution >= 0.6 is 34.7 Å². The van der Waals surface area contributed by atoms with Gasteiger partial charge in [0.2, 0.25) is 5.91 Å². The highest BCUT2D eigenvalue weighted by Gasteiger charge is 2.18. The Kier molecular flexibility index (Phi) is 7.15. The summed E-state index contributed by atoms with van der Waals surface area (Å²) in [6, 6.07) is 8.94. The van der Waals surface area contributed by atoms with Crippen molar-refractivity contribution in [1.29, 1.82) is 0 Å². The Bertz CT molecular complexity index is 1030. The molecule has 0 spiro atoms.